The van der Waals surface area contributed by atoms with E-state index in [1.807, 2.05) is 6.07 Å². The quantitative estimate of drug-likeness (QED) is 0.551. The average Bonchev–Trinajstić information content (AvgIpc) is 2.51. The van der Waals surface area contributed by atoms with Gasteiger partial charge < -0.3 is 11.1 Å². The van der Waals surface area contributed by atoms with Gasteiger partial charge in [-0.15, -0.1) is 0 Å². The number of carbonyl (C=O) groups is 1. The van der Waals surface area contributed by atoms with Crippen molar-refractivity contribution >= 4 is 38.5 Å². The number of nitrogens with two attached hydrogens (primary N) is 1. The molecule has 1 saturated carbocycles. The smallest absolute Gasteiger partial charge is 0.252 e. The molecule has 0 aliphatic heterocycles. The summed E-state index contributed by atoms with van der Waals surface area (Å²) in [5.74, 6) is 0. The topological polar surface area (TPSA) is 55.1 Å². The lowest BCUT2D eigenvalue weighted by atomic mass is 9.93. The summed E-state index contributed by atoms with van der Waals surface area (Å²) in [7, 11) is 0. The molecule has 3 nitrogen and oxygen atoms in total. The summed E-state index contributed by atoms with van der Waals surface area (Å²) in [6, 6.07) is 4.49. The third kappa shape index (κ3) is 4.71. The van der Waals surface area contributed by atoms with Gasteiger partial charge in [0.1, 0.15) is 0 Å². The van der Waals surface area contributed by atoms with Gasteiger partial charge in [0.15, 0.2) is 0 Å². The van der Waals surface area contributed by atoms with E-state index < -0.39 is 5.24 Å². The van der Waals surface area contributed by atoms with Crippen LogP contribution in [0.2, 0.25) is 0 Å². The molecule has 1 aliphatic carbocycles. The zero-order valence-corrected chi connectivity index (χ0v) is 15.3. The largest absolute Gasteiger partial charge is 0.398 e. The van der Waals surface area contributed by atoms with Crippen molar-refractivity contribution < 1.29 is 4.79 Å². The van der Waals surface area contributed by atoms with E-state index in [9.17, 15) is 4.79 Å². The highest BCUT2D eigenvalue weighted by atomic mass is 79.9. The molecule has 1 aromatic carbocycles. The predicted molar refractivity (Wildman–Crippen MR) is 96.5 cm³/mol. The van der Waals surface area contributed by atoms with Crippen molar-refractivity contribution in [1.82, 2.24) is 5.32 Å². The van der Waals surface area contributed by atoms with Gasteiger partial charge in [-0.05, 0) is 70.9 Å². The first-order valence-electron chi connectivity index (χ1n) is 8.05. The molecule has 1 fully saturated rings. The molecule has 1 aromatic rings. The minimum Gasteiger partial charge on any atom is -0.398 e. The van der Waals surface area contributed by atoms with Crippen LogP contribution in [-0.4, -0.2) is 17.3 Å². The van der Waals surface area contributed by atoms with Crippen molar-refractivity contribution in [3.8, 4) is 0 Å². The van der Waals surface area contributed by atoms with Crippen LogP contribution in [0.3, 0.4) is 0 Å². The minimum absolute atomic E-state index is 0.373. The molecule has 3 N–H and O–H groups in total. The molecule has 0 heterocycles. The first-order valence-corrected chi connectivity index (χ1v) is 9.22. The van der Waals surface area contributed by atoms with E-state index in [1.165, 1.54) is 32.1 Å². The number of hydrogen-bond donors (Lipinski definition) is 2. The molecular weight excluding hydrogens is 364 g/mol. The van der Waals surface area contributed by atoms with Crippen molar-refractivity contribution in [2.75, 3.05) is 5.73 Å². The Morgan fingerprint density at radius 3 is 2.68 bits per heavy atom. The van der Waals surface area contributed by atoms with Crippen LogP contribution in [0.15, 0.2) is 16.6 Å². The Morgan fingerprint density at radius 1 is 1.41 bits per heavy atom. The second-order valence-electron chi connectivity index (χ2n) is 6.12. The molecule has 1 atom stereocenters. The van der Waals surface area contributed by atoms with Crippen molar-refractivity contribution in [2.24, 2.45) is 0 Å². The molecule has 0 aromatic heterocycles. The third-order valence-electron chi connectivity index (χ3n) is 4.48. The number of halogens is 2. The fourth-order valence-electron chi connectivity index (χ4n) is 3.15. The number of rotatable bonds is 6. The van der Waals surface area contributed by atoms with Gasteiger partial charge in [-0.2, -0.15) is 0 Å². The summed E-state index contributed by atoms with van der Waals surface area (Å²) in [5, 5.41) is 3.31. The highest BCUT2D eigenvalue weighted by Crippen LogP contribution is 2.28. The Labute approximate surface area is 146 Å². The molecule has 1 aliphatic rings. The lowest BCUT2D eigenvalue weighted by molar-refractivity contribution is 0.108. The van der Waals surface area contributed by atoms with E-state index in [1.54, 1.807) is 6.07 Å². The van der Waals surface area contributed by atoms with Crippen LogP contribution in [0.4, 0.5) is 5.69 Å². The van der Waals surface area contributed by atoms with Gasteiger partial charge in [0.05, 0.1) is 0 Å². The highest BCUT2D eigenvalue weighted by Gasteiger charge is 2.19. The summed E-state index contributed by atoms with van der Waals surface area (Å²) in [5.41, 5.74) is 8.33. The lowest BCUT2D eigenvalue weighted by Crippen LogP contribution is -2.40. The fraction of sp³-hybridized carbons (Fsp3) is 0.588. The molecule has 22 heavy (non-hydrogen) atoms. The van der Waals surface area contributed by atoms with Gasteiger partial charge in [0.25, 0.3) is 5.24 Å². The standard InChI is InChI=1S/C17H24BrClN2O/c1-2-13(21-14-6-4-3-5-7-14)9-11-8-12(17(19)22)10-15(18)16(11)20/h8,10,13-14,21H,2-7,9,20H2,1H3. The number of carbonyl (C=O) groups excluding carboxylic acids is 1. The predicted octanol–water partition coefficient (Wildman–Crippen LogP) is 4.65. The molecule has 0 spiro atoms. The van der Waals surface area contributed by atoms with Crippen LogP contribution >= 0.6 is 27.5 Å². The van der Waals surface area contributed by atoms with E-state index in [0.29, 0.717) is 23.3 Å². The van der Waals surface area contributed by atoms with E-state index in [0.717, 1.165) is 22.9 Å². The first-order chi connectivity index (χ1) is 10.5. The number of nitrogen functional groups attached to an aromatic ring is 1. The highest BCUT2D eigenvalue weighted by molar-refractivity contribution is 9.10. The van der Waals surface area contributed by atoms with E-state index in [-0.39, 0.29) is 0 Å². The van der Waals surface area contributed by atoms with Crippen LogP contribution in [0.1, 0.15) is 61.4 Å². The molecular formula is C17H24BrClN2O. The van der Waals surface area contributed by atoms with Crippen LogP contribution < -0.4 is 11.1 Å². The van der Waals surface area contributed by atoms with Gasteiger partial charge in [0, 0.05) is 27.8 Å². The fourth-order valence-corrected chi connectivity index (χ4v) is 3.76. The molecule has 5 heteroatoms. The van der Waals surface area contributed by atoms with Crippen LogP contribution in [0, 0.1) is 0 Å². The van der Waals surface area contributed by atoms with Crippen molar-refractivity contribution in [2.45, 2.75) is 64.0 Å². The second kappa shape index (κ2) is 8.32. The van der Waals surface area contributed by atoms with Gasteiger partial charge in [-0.3, -0.25) is 4.79 Å². The molecule has 0 radical (unpaired) electrons. The van der Waals surface area contributed by atoms with Gasteiger partial charge >= 0.3 is 0 Å². The van der Waals surface area contributed by atoms with Gasteiger partial charge in [-0.25, -0.2) is 0 Å². The van der Waals surface area contributed by atoms with Crippen LogP contribution in [0.5, 0.6) is 0 Å². The Hall–Kier alpha value is -0.580. The number of benzene rings is 1. The third-order valence-corrected chi connectivity index (χ3v) is 5.35. The molecule has 0 saturated heterocycles. The van der Waals surface area contributed by atoms with Crippen molar-refractivity contribution in [1.29, 1.82) is 0 Å². The summed E-state index contributed by atoms with van der Waals surface area (Å²) in [4.78, 5) is 11.4. The first kappa shape index (κ1) is 17.8. The molecule has 0 amide bonds. The lowest BCUT2D eigenvalue weighted by Gasteiger charge is -2.28. The zero-order valence-electron chi connectivity index (χ0n) is 13.0. The van der Waals surface area contributed by atoms with Crippen molar-refractivity contribution in [3.05, 3.63) is 27.7 Å². The minimum atomic E-state index is -0.449. The number of anilines is 1. The Morgan fingerprint density at radius 2 is 2.09 bits per heavy atom. The number of hydrogen-bond acceptors (Lipinski definition) is 3. The second-order valence-corrected chi connectivity index (χ2v) is 7.31. The van der Waals surface area contributed by atoms with E-state index in [4.69, 9.17) is 17.3 Å². The maximum absolute atomic E-state index is 11.4. The molecule has 1 unspecified atom stereocenters. The Kier molecular flexibility index (Phi) is 6.72. The average molecular weight is 388 g/mol. The maximum Gasteiger partial charge on any atom is 0.252 e. The summed E-state index contributed by atoms with van der Waals surface area (Å²) < 4.78 is 0.738. The number of nitrogens with one attached hydrogen (secondary N) is 1. The van der Waals surface area contributed by atoms with E-state index in [2.05, 4.69) is 28.2 Å². The van der Waals surface area contributed by atoms with Crippen LogP contribution in [0.25, 0.3) is 0 Å². The summed E-state index contributed by atoms with van der Waals surface area (Å²) in [6.07, 6.45) is 8.36. The SMILES string of the molecule is CCC(Cc1cc(C(=O)Cl)cc(Br)c1N)NC1CCCCC1. The molecule has 2 rings (SSSR count). The molecule has 0 bridgehead atoms. The van der Waals surface area contributed by atoms with Gasteiger partial charge in [-0.1, -0.05) is 26.2 Å². The summed E-state index contributed by atoms with van der Waals surface area (Å²) >= 11 is 9.03. The summed E-state index contributed by atoms with van der Waals surface area (Å²) in [6.45, 7) is 2.18. The maximum atomic E-state index is 11.4. The van der Waals surface area contributed by atoms with Crippen LogP contribution in [-0.2, 0) is 6.42 Å². The zero-order chi connectivity index (χ0) is 16.1. The monoisotopic (exact) mass is 386 g/mol. The van der Waals surface area contributed by atoms with Gasteiger partial charge in [0.2, 0.25) is 0 Å². The normalized spacial score (nSPS) is 17.4. The Balaban J connectivity index is 2.10. The van der Waals surface area contributed by atoms with E-state index >= 15 is 0 Å². The molecule has 122 valence electrons. The van der Waals surface area contributed by atoms with Crippen molar-refractivity contribution in [3.63, 3.8) is 0 Å². The Bertz CT molecular complexity index is 530.